The number of fused-ring (bicyclic) bond motifs is 1. The maximum atomic E-state index is 14.1. The smallest absolute Gasteiger partial charge is 0.205 e. The minimum Gasteiger partial charge on any atom is -0.508 e. The summed E-state index contributed by atoms with van der Waals surface area (Å²) in [5.74, 6) is -0.831. The van der Waals surface area contributed by atoms with Gasteiger partial charge in [-0.25, -0.2) is 4.39 Å². The van der Waals surface area contributed by atoms with Crippen molar-refractivity contribution < 1.29 is 14.2 Å². The van der Waals surface area contributed by atoms with E-state index in [1.165, 1.54) is 18.2 Å². The van der Waals surface area contributed by atoms with Gasteiger partial charge in [-0.2, -0.15) is 5.26 Å². The molecule has 104 valence electrons. The van der Waals surface area contributed by atoms with Gasteiger partial charge in [0.2, 0.25) is 5.88 Å². The van der Waals surface area contributed by atoms with Crippen molar-refractivity contribution in [1.29, 1.82) is 5.26 Å². The van der Waals surface area contributed by atoms with E-state index >= 15 is 0 Å². The number of nitriles is 1. The molecule has 5 heteroatoms. The van der Waals surface area contributed by atoms with Gasteiger partial charge in [0.1, 0.15) is 29.0 Å². The second-order valence-electron chi connectivity index (χ2n) is 4.67. The number of ether oxygens (including phenoxy) is 1. The van der Waals surface area contributed by atoms with Crippen LogP contribution in [0.5, 0.6) is 11.5 Å². The number of benzene rings is 2. The Morgan fingerprint density at radius 3 is 2.67 bits per heavy atom. The second kappa shape index (κ2) is 4.84. The van der Waals surface area contributed by atoms with Gasteiger partial charge in [-0.15, -0.1) is 0 Å². The van der Waals surface area contributed by atoms with Crippen LogP contribution in [0.25, 0.3) is 0 Å². The molecule has 2 aromatic carbocycles. The Bertz CT molecular complexity index is 793. The van der Waals surface area contributed by atoms with Gasteiger partial charge in [0.15, 0.2) is 0 Å². The molecule has 3 rings (SSSR count). The molecule has 0 unspecified atom stereocenters. The van der Waals surface area contributed by atoms with Crippen LogP contribution in [0.4, 0.5) is 4.39 Å². The van der Waals surface area contributed by atoms with E-state index in [-0.39, 0.29) is 17.2 Å². The molecule has 0 saturated carbocycles. The third-order valence-electron chi connectivity index (χ3n) is 3.42. The lowest BCUT2D eigenvalue weighted by Gasteiger charge is -2.26. The third-order valence-corrected chi connectivity index (χ3v) is 3.42. The Morgan fingerprint density at radius 1 is 1.19 bits per heavy atom. The molecule has 1 aliphatic heterocycles. The van der Waals surface area contributed by atoms with Crippen molar-refractivity contribution in [2.45, 2.75) is 5.92 Å². The summed E-state index contributed by atoms with van der Waals surface area (Å²) in [6.45, 7) is 0. The summed E-state index contributed by atoms with van der Waals surface area (Å²) in [6.07, 6.45) is 0. The Balaban J connectivity index is 2.27. The van der Waals surface area contributed by atoms with Gasteiger partial charge in [0.25, 0.3) is 0 Å². The summed E-state index contributed by atoms with van der Waals surface area (Å²) < 4.78 is 19.5. The van der Waals surface area contributed by atoms with E-state index < -0.39 is 11.7 Å². The van der Waals surface area contributed by atoms with Crippen molar-refractivity contribution in [2.75, 3.05) is 0 Å². The van der Waals surface area contributed by atoms with Crippen LogP contribution in [0.2, 0.25) is 0 Å². The molecule has 1 atom stereocenters. The molecule has 0 aliphatic carbocycles. The lowest BCUT2D eigenvalue weighted by Crippen LogP contribution is -2.21. The Morgan fingerprint density at radius 2 is 1.95 bits per heavy atom. The van der Waals surface area contributed by atoms with Crippen LogP contribution in [0.1, 0.15) is 17.0 Å². The number of aromatic hydroxyl groups is 1. The SMILES string of the molecule is N#CC1=C(N)Oc2cc(O)ccc2[C@H]1c1ccccc1F. The number of hydrogen-bond acceptors (Lipinski definition) is 4. The highest BCUT2D eigenvalue weighted by Gasteiger charge is 2.32. The number of nitrogens with two attached hydrogens (primary N) is 1. The minimum atomic E-state index is -0.652. The molecular formula is C16H11FN2O2. The summed E-state index contributed by atoms with van der Waals surface area (Å²) in [4.78, 5) is 0. The normalized spacial score (nSPS) is 16.9. The Kier molecular flexibility index (Phi) is 2.99. The third kappa shape index (κ3) is 2.07. The molecule has 2 aromatic rings. The largest absolute Gasteiger partial charge is 0.508 e. The molecule has 0 amide bonds. The fourth-order valence-corrected chi connectivity index (χ4v) is 2.47. The first kappa shape index (κ1) is 13.0. The number of halogens is 1. The topological polar surface area (TPSA) is 79.3 Å². The van der Waals surface area contributed by atoms with Crippen molar-refractivity contribution in [2.24, 2.45) is 5.73 Å². The molecular weight excluding hydrogens is 271 g/mol. The van der Waals surface area contributed by atoms with E-state index in [4.69, 9.17) is 10.5 Å². The molecule has 4 nitrogen and oxygen atoms in total. The maximum absolute atomic E-state index is 14.1. The van der Waals surface area contributed by atoms with E-state index in [0.717, 1.165) is 0 Å². The van der Waals surface area contributed by atoms with Crippen LogP contribution in [0.3, 0.4) is 0 Å². The average molecular weight is 282 g/mol. The van der Waals surface area contributed by atoms with Crippen molar-refractivity contribution in [1.82, 2.24) is 0 Å². The van der Waals surface area contributed by atoms with Crippen molar-refractivity contribution >= 4 is 0 Å². The predicted molar refractivity (Wildman–Crippen MR) is 73.8 cm³/mol. The van der Waals surface area contributed by atoms with E-state index in [1.807, 2.05) is 6.07 Å². The highest BCUT2D eigenvalue weighted by atomic mass is 19.1. The number of nitrogens with zero attached hydrogens (tertiary/aromatic N) is 1. The predicted octanol–water partition coefficient (Wildman–Crippen LogP) is 2.75. The van der Waals surface area contributed by atoms with E-state index in [0.29, 0.717) is 16.9 Å². The molecule has 0 aromatic heterocycles. The fraction of sp³-hybridized carbons (Fsp3) is 0.0625. The highest BCUT2D eigenvalue weighted by Crippen LogP contribution is 2.43. The quantitative estimate of drug-likeness (QED) is 0.843. The van der Waals surface area contributed by atoms with Crippen LogP contribution >= 0.6 is 0 Å². The van der Waals surface area contributed by atoms with Gasteiger partial charge in [-0.05, 0) is 12.1 Å². The standard InChI is InChI=1S/C16H11FN2O2/c17-13-4-2-1-3-10(13)15-11-6-5-9(20)7-14(11)21-16(19)12(15)8-18/h1-7,15,20H,19H2/t15-/m1/s1. The van der Waals surface area contributed by atoms with Crippen molar-refractivity contribution in [3.05, 3.63) is 70.9 Å². The van der Waals surface area contributed by atoms with Gasteiger partial charge in [0.05, 0.1) is 5.92 Å². The zero-order chi connectivity index (χ0) is 15.0. The van der Waals surface area contributed by atoms with Gasteiger partial charge < -0.3 is 15.6 Å². The van der Waals surface area contributed by atoms with E-state index in [2.05, 4.69) is 0 Å². The van der Waals surface area contributed by atoms with Gasteiger partial charge in [0, 0.05) is 17.2 Å². The zero-order valence-electron chi connectivity index (χ0n) is 10.9. The lowest BCUT2D eigenvalue weighted by molar-refractivity contribution is 0.387. The molecule has 3 N–H and O–H groups in total. The summed E-state index contributed by atoms with van der Waals surface area (Å²) in [5, 5.41) is 18.9. The van der Waals surface area contributed by atoms with Gasteiger partial charge in [-0.3, -0.25) is 0 Å². The molecule has 21 heavy (non-hydrogen) atoms. The first-order valence-electron chi connectivity index (χ1n) is 6.26. The van der Waals surface area contributed by atoms with Crippen LogP contribution in [-0.2, 0) is 0 Å². The van der Waals surface area contributed by atoms with Gasteiger partial charge >= 0.3 is 0 Å². The summed E-state index contributed by atoms with van der Waals surface area (Å²) in [7, 11) is 0. The molecule has 1 heterocycles. The van der Waals surface area contributed by atoms with E-state index in [1.54, 1.807) is 24.3 Å². The molecule has 0 spiro atoms. The van der Waals surface area contributed by atoms with Gasteiger partial charge in [-0.1, -0.05) is 24.3 Å². The Hall–Kier alpha value is -3.00. The van der Waals surface area contributed by atoms with Crippen molar-refractivity contribution in [3.8, 4) is 17.6 Å². The molecule has 0 saturated heterocycles. The molecule has 0 bridgehead atoms. The lowest BCUT2D eigenvalue weighted by atomic mass is 9.83. The molecule has 1 aliphatic rings. The molecule has 0 fully saturated rings. The van der Waals surface area contributed by atoms with Crippen LogP contribution in [0, 0.1) is 17.1 Å². The Labute approximate surface area is 120 Å². The zero-order valence-corrected chi connectivity index (χ0v) is 10.9. The van der Waals surface area contributed by atoms with Crippen LogP contribution in [-0.4, -0.2) is 5.11 Å². The molecule has 0 radical (unpaired) electrons. The summed E-state index contributed by atoms with van der Waals surface area (Å²) in [6, 6.07) is 12.7. The highest BCUT2D eigenvalue weighted by molar-refractivity contribution is 5.57. The number of allylic oxidation sites excluding steroid dienone is 1. The first-order chi connectivity index (χ1) is 10.1. The van der Waals surface area contributed by atoms with Crippen molar-refractivity contribution in [3.63, 3.8) is 0 Å². The summed E-state index contributed by atoms with van der Waals surface area (Å²) in [5.41, 5.74) is 6.84. The summed E-state index contributed by atoms with van der Waals surface area (Å²) >= 11 is 0. The van der Waals surface area contributed by atoms with Crippen LogP contribution in [0.15, 0.2) is 53.9 Å². The average Bonchev–Trinajstić information content (AvgIpc) is 2.46. The fourth-order valence-electron chi connectivity index (χ4n) is 2.47. The number of phenolic OH excluding ortho intramolecular Hbond substituents is 1. The monoisotopic (exact) mass is 282 g/mol. The number of hydrogen-bond donors (Lipinski definition) is 2. The number of rotatable bonds is 1. The van der Waals surface area contributed by atoms with Crippen LogP contribution < -0.4 is 10.5 Å². The number of phenols is 1. The van der Waals surface area contributed by atoms with E-state index in [9.17, 15) is 14.8 Å². The maximum Gasteiger partial charge on any atom is 0.205 e. The first-order valence-corrected chi connectivity index (χ1v) is 6.26. The second-order valence-corrected chi connectivity index (χ2v) is 4.67. The minimum absolute atomic E-state index is 0.00856.